The summed E-state index contributed by atoms with van der Waals surface area (Å²) in [6.45, 7) is 1.70. The molecule has 0 saturated carbocycles. The van der Waals surface area contributed by atoms with Crippen LogP contribution in [0.3, 0.4) is 0 Å². The number of ether oxygens (including phenoxy) is 1. The molecular formula is C14H16N2O4. The van der Waals surface area contributed by atoms with E-state index in [9.17, 15) is 14.4 Å². The molecule has 0 aliphatic carbocycles. The molecule has 1 N–H and O–H groups in total. The second kappa shape index (κ2) is 5.73. The van der Waals surface area contributed by atoms with Crippen LogP contribution in [0.1, 0.15) is 12.5 Å². The average Bonchev–Trinajstić information content (AvgIpc) is 2.45. The van der Waals surface area contributed by atoms with Gasteiger partial charge < -0.3 is 4.74 Å². The third-order valence-electron chi connectivity index (χ3n) is 3.30. The van der Waals surface area contributed by atoms with Crippen molar-refractivity contribution in [1.29, 1.82) is 0 Å². The lowest BCUT2D eigenvalue weighted by Gasteiger charge is -2.28. The van der Waals surface area contributed by atoms with Gasteiger partial charge in [0.05, 0.1) is 7.11 Å². The molecule has 1 heterocycles. The SMILES string of the molecule is COc1ccccc1CCN1C(=O)NC(=O)C(C)C1=O. The van der Waals surface area contributed by atoms with Gasteiger partial charge in [-0.3, -0.25) is 19.8 Å². The molecule has 6 heteroatoms. The fourth-order valence-electron chi connectivity index (χ4n) is 2.08. The van der Waals surface area contributed by atoms with E-state index in [2.05, 4.69) is 5.32 Å². The van der Waals surface area contributed by atoms with Gasteiger partial charge in [-0.2, -0.15) is 0 Å². The van der Waals surface area contributed by atoms with Crippen molar-refractivity contribution in [2.24, 2.45) is 5.92 Å². The monoisotopic (exact) mass is 276 g/mol. The minimum Gasteiger partial charge on any atom is -0.496 e. The second-order valence-corrected chi connectivity index (χ2v) is 4.57. The molecule has 1 aromatic rings. The maximum absolute atomic E-state index is 11.9. The molecule has 1 unspecified atom stereocenters. The Morgan fingerprint density at radius 2 is 1.95 bits per heavy atom. The van der Waals surface area contributed by atoms with Crippen LogP contribution in [-0.4, -0.2) is 36.4 Å². The van der Waals surface area contributed by atoms with Gasteiger partial charge in [0.15, 0.2) is 0 Å². The number of rotatable bonds is 4. The summed E-state index contributed by atoms with van der Waals surface area (Å²) in [6.07, 6.45) is 0.476. The molecule has 2 rings (SSSR count). The van der Waals surface area contributed by atoms with Gasteiger partial charge in [-0.25, -0.2) is 4.79 Å². The fraction of sp³-hybridized carbons (Fsp3) is 0.357. The van der Waals surface area contributed by atoms with Crippen LogP contribution in [0.25, 0.3) is 0 Å². The number of imide groups is 2. The van der Waals surface area contributed by atoms with Crippen molar-refractivity contribution in [2.45, 2.75) is 13.3 Å². The maximum Gasteiger partial charge on any atom is 0.330 e. The second-order valence-electron chi connectivity index (χ2n) is 4.57. The van der Waals surface area contributed by atoms with Crippen molar-refractivity contribution in [3.05, 3.63) is 29.8 Å². The number of methoxy groups -OCH3 is 1. The fourth-order valence-corrected chi connectivity index (χ4v) is 2.08. The van der Waals surface area contributed by atoms with E-state index in [0.29, 0.717) is 12.2 Å². The molecule has 1 aliphatic heterocycles. The summed E-state index contributed by atoms with van der Waals surface area (Å²) < 4.78 is 5.22. The first-order valence-corrected chi connectivity index (χ1v) is 6.32. The number of para-hydroxylation sites is 1. The minimum atomic E-state index is -0.828. The molecule has 4 amide bonds. The van der Waals surface area contributed by atoms with E-state index >= 15 is 0 Å². The van der Waals surface area contributed by atoms with Crippen LogP contribution < -0.4 is 10.1 Å². The van der Waals surface area contributed by atoms with Crippen LogP contribution in [0.4, 0.5) is 4.79 Å². The molecule has 1 atom stereocenters. The summed E-state index contributed by atoms with van der Waals surface area (Å²) in [5, 5.41) is 2.17. The first-order valence-electron chi connectivity index (χ1n) is 6.32. The van der Waals surface area contributed by atoms with Crippen LogP contribution in [0.2, 0.25) is 0 Å². The molecule has 0 aromatic heterocycles. The van der Waals surface area contributed by atoms with Gasteiger partial charge >= 0.3 is 6.03 Å². The predicted octanol–water partition coefficient (Wildman–Crippen LogP) is 0.952. The molecule has 6 nitrogen and oxygen atoms in total. The summed E-state index contributed by atoms with van der Waals surface area (Å²) in [6, 6.07) is 6.75. The largest absolute Gasteiger partial charge is 0.496 e. The number of barbiturate groups is 1. The summed E-state index contributed by atoms with van der Waals surface area (Å²) in [7, 11) is 1.57. The normalized spacial score (nSPS) is 19.0. The lowest BCUT2D eigenvalue weighted by Crippen LogP contribution is -2.57. The highest BCUT2D eigenvalue weighted by atomic mass is 16.5. The summed E-state index contributed by atoms with van der Waals surface area (Å²) in [4.78, 5) is 36.0. The molecule has 1 fully saturated rings. The van der Waals surface area contributed by atoms with Crippen molar-refractivity contribution < 1.29 is 19.1 Å². The third-order valence-corrected chi connectivity index (χ3v) is 3.30. The van der Waals surface area contributed by atoms with Gasteiger partial charge in [0.2, 0.25) is 11.8 Å². The van der Waals surface area contributed by atoms with Gasteiger partial charge in [-0.05, 0) is 25.0 Å². The van der Waals surface area contributed by atoms with Crippen molar-refractivity contribution in [3.63, 3.8) is 0 Å². The van der Waals surface area contributed by atoms with Crippen molar-refractivity contribution in [3.8, 4) is 5.75 Å². The van der Waals surface area contributed by atoms with Gasteiger partial charge in [0, 0.05) is 6.54 Å². The highest BCUT2D eigenvalue weighted by molar-refractivity contribution is 6.15. The quantitative estimate of drug-likeness (QED) is 0.831. The van der Waals surface area contributed by atoms with E-state index in [1.54, 1.807) is 7.11 Å². The van der Waals surface area contributed by atoms with Crippen molar-refractivity contribution in [1.82, 2.24) is 10.2 Å². The Kier molecular flexibility index (Phi) is 4.02. The Morgan fingerprint density at radius 1 is 1.25 bits per heavy atom. The lowest BCUT2D eigenvalue weighted by molar-refractivity contribution is -0.141. The zero-order valence-electron chi connectivity index (χ0n) is 11.4. The van der Waals surface area contributed by atoms with Crippen LogP contribution in [0, 0.1) is 5.92 Å². The number of amides is 4. The zero-order valence-corrected chi connectivity index (χ0v) is 11.4. The van der Waals surface area contributed by atoms with Gasteiger partial charge in [-0.1, -0.05) is 18.2 Å². The summed E-state index contributed by atoms with van der Waals surface area (Å²) >= 11 is 0. The average molecular weight is 276 g/mol. The summed E-state index contributed by atoms with van der Waals surface area (Å²) in [5.41, 5.74) is 0.903. The van der Waals surface area contributed by atoms with Crippen molar-refractivity contribution >= 4 is 17.8 Å². The van der Waals surface area contributed by atoms with E-state index in [0.717, 1.165) is 10.5 Å². The van der Waals surface area contributed by atoms with Crippen molar-refractivity contribution in [2.75, 3.05) is 13.7 Å². The molecule has 1 aliphatic rings. The minimum absolute atomic E-state index is 0.211. The van der Waals surface area contributed by atoms with Crippen LogP contribution in [0.5, 0.6) is 5.75 Å². The predicted molar refractivity (Wildman–Crippen MR) is 71.1 cm³/mol. The van der Waals surface area contributed by atoms with Crippen LogP contribution >= 0.6 is 0 Å². The number of nitrogens with one attached hydrogen (secondary N) is 1. The van der Waals surface area contributed by atoms with E-state index in [4.69, 9.17) is 4.74 Å². The first kappa shape index (κ1) is 14.0. The van der Waals surface area contributed by atoms with Gasteiger partial charge in [-0.15, -0.1) is 0 Å². The topological polar surface area (TPSA) is 75.7 Å². The molecule has 20 heavy (non-hydrogen) atoms. The van der Waals surface area contributed by atoms with Crippen LogP contribution in [0.15, 0.2) is 24.3 Å². The zero-order chi connectivity index (χ0) is 14.7. The smallest absolute Gasteiger partial charge is 0.330 e. The molecule has 0 spiro atoms. The molecule has 0 radical (unpaired) electrons. The van der Waals surface area contributed by atoms with E-state index in [1.807, 2.05) is 24.3 Å². The Hall–Kier alpha value is -2.37. The molecular weight excluding hydrogens is 260 g/mol. The Balaban J connectivity index is 2.08. The number of hydrogen-bond acceptors (Lipinski definition) is 4. The van der Waals surface area contributed by atoms with Gasteiger partial charge in [0.25, 0.3) is 0 Å². The molecule has 1 saturated heterocycles. The number of urea groups is 1. The number of carbonyl (C=O) groups excluding carboxylic acids is 3. The summed E-state index contributed by atoms with van der Waals surface area (Å²) in [5.74, 6) is -1.13. The highest BCUT2D eigenvalue weighted by Gasteiger charge is 2.37. The number of hydrogen-bond donors (Lipinski definition) is 1. The van der Waals surface area contributed by atoms with E-state index in [1.165, 1.54) is 6.92 Å². The lowest BCUT2D eigenvalue weighted by atomic mass is 10.1. The standard InChI is InChI=1S/C14H16N2O4/c1-9-12(17)15-14(19)16(13(9)18)8-7-10-5-3-4-6-11(10)20-2/h3-6,9H,7-8H2,1-2H3,(H,15,17,19). The Labute approximate surface area is 116 Å². The van der Waals surface area contributed by atoms with E-state index < -0.39 is 23.8 Å². The Bertz CT molecular complexity index is 556. The number of benzene rings is 1. The highest BCUT2D eigenvalue weighted by Crippen LogP contribution is 2.19. The third kappa shape index (κ3) is 2.64. The molecule has 106 valence electrons. The maximum atomic E-state index is 11.9. The Morgan fingerprint density at radius 3 is 2.65 bits per heavy atom. The number of nitrogens with zero attached hydrogens (tertiary/aromatic N) is 1. The first-order chi connectivity index (χ1) is 9.54. The number of carbonyl (C=O) groups is 3. The van der Waals surface area contributed by atoms with Gasteiger partial charge in [0.1, 0.15) is 11.7 Å². The van der Waals surface area contributed by atoms with Crippen LogP contribution in [-0.2, 0) is 16.0 Å². The molecule has 1 aromatic carbocycles. The van der Waals surface area contributed by atoms with E-state index in [-0.39, 0.29) is 6.54 Å². The molecule has 0 bridgehead atoms.